The molecule has 1 spiro atoms. The minimum Gasteiger partial charge on any atom is -0.381 e. The van der Waals surface area contributed by atoms with Gasteiger partial charge in [-0.25, -0.2) is 19.9 Å². The molecule has 0 atom stereocenters. The van der Waals surface area contributed by atoms with Gasteiger partial charge < -0.3 is 10.1 Å². The molecule has 0 bridgehead atoms. The van der Waals surface area contributed by atoms with Gasteiger partial charge in [-0.15, -0.1) is 0 Å². The summed E-state index contributed by atoms with van der Waals surface area (Å²) in [4.78, 5) is 16.9. The monoisotopic (exact) mass is 271 g/mol. The summed E-state index contributed by atoms with van der Waals surface area (Å²) in [6.45, 7) is 2.82. The Hall–Kier alpha value is -1.82. The Bertz CT molecular complexity index is 612. The van der Waals surface area contributed by atoms with E-state index >= 15 is 0 Å². The topological polar surface area (TPSA) is 72.8 Å². The first kappa shape index (κ1) is 12.0. The third kappa shape index (κ3) is 2.00. The molecule has 0 aromatic carbocycles. The van der Waals surface area contributed by atoms with Gasteiger partial charge in [0.05, 0.1) is 6.61 Å². The van der Waals surface area contributed by atoms with Gasteiger partial charge >= 0.3 is 0 Å². The summed E-state index contributed by atoms with van der Waals surface area (Å²) in [5, 5.41) is 3.40. The fraction of sp³-hybridized carbons (Fsp3) is 0.571. The molecule has 2 fully saturated rings. The van der Waals surface area contributed by atoms with E-state index < -0.39 is 0 Å². The van der Waals surface area contributed by atoms with Gasteiger partial charge in [0.15, 0.2) is 11.5 Å². The molecular formula is C14H17N5O. The van der Waals surface area contributed by atoms with Crippen molar-refractivity contribution < 1.29 is 4.74 Å². The molecule has 104 valence electrons. The summed E-state index contributed by atoms with van der Waals surface area (Å²) in [6, 6.07) is 0. The lowest BCUT2D eigenvalue weighted by Crippen LogP contribution is -2.40. The largest absolute Gasteiger partial charge is 0.381 e. The minimum atomic E-state index is 0.486. The van der Waals surface area contributed by atoms with Gasteiger partial charge in [0.1, 0.15) is 11.8 Å². The first-order valence-corrected chi connectivity index (χ1v) is 7.08. The van der Waals surface area contributed by atoms with Crippen LogP contribution in [0.3, 0.4) is 0 Å². The lowest BCUT2D eigenvalue weighted by molar-refractivity contribution is 0.0440. The van der Waals surface area contributed by atoms with Crippen LogP contribution in [0.1, 0.15) is 19.3 Å². The summed E-state index contributed by atoms with van der Waals surface area (Å²) in [7, 11) is 0. The first-order valence-electron chi connectivity index (χ1n) is 7.08. The van der Waals surface area contributed by atoms with Gasteiger partial charge in [0, 0.05) is 25.5 Å². The van der Waals surface area contributed by atoms with Crippen molar-refractivity contribution in [2.45, 2.75) is 19.3 Å². The Morgan fingerprint density at radius 1 is 1.20 bits per heavy atom. The van der Waals surface area contributed by atoms with Crippen LogP contribution in [0.25, 0.3) is 11.2 Å². The van der Waals surface area contributed by atoms with Crippen LogP contribution in [0.2, 0.25) is 0 Å². The maximum atomic E-state index is 5.51. The highest BCUT2D eigenvalue weighted by Crippen LogP contribution is 2.50. The maximum Gasteiger partial charge on any atom is 0.183 e. The van der Waals surface area contributed by atoms with E-state index in [-0.39, 0.29) is 0 Å². The van der Waals surface area contributed by atoms with Gasteiger partial charge in [-0.3, -0.25) is 0 Å². The molecule has 3 heterocycles. The predicted octanol–water partition coefficient (Wildman–Crippen LogP) is 1.65. The summed E-state index contributed by atoms with van der Waals surface area (Å²) in [5.74, 6) is 1.49. The van der Waals surface area contributed by atoms with Gasteiger partial charge in [-0.2, -0.15) is 0 Å². The number of anilines is 1. The number of nitrogens with one attached hydrogen (secondary N) is 1. The van der Waals surface area contributed by atoms with Crippen molar-refractivity contribution >= 4 is 17.0 Å². The van der Waals surface area contributed by atoms with Crippen molar-refractivity contribution in [2.75, 3.05) is 25.1 Å². The highest BCUT2D eigenvalue weighted by molar-refractivity contribution is 5.81. The van der Waals surface area contributed by atoms with E-state index in [1.54, 1.807) is 12.4 Å². The fourth-order valence-electron chi connectivity index (χ4n) is 3.45. The third-order valence-corrected chi connectivity index (χ3v) is 4.46. The lowest BCUT2D eigenvalue weighted by atomic mass is 9.61. The quantitative estimate of drug-likeness (QED) is 0.915. The molecule has 1 aliphatic carbocycles. The molecule has 1 N–H and O–H groups in total. The van der Waals surface area contributed by atoms with Crippen molar-refractivity contribution in [3.8, 4) is 0 Å². The van der Waals surface area contributed by atoms with E-state index in [2.05, 4.69) is 25.3 Å². The average molecular weight is 271 g/mol. The molecule has 2 aliphatic rings. The molecule has 0 radical (unpaired) electrons. The number of fused-ring (bicyclic) bond motifs is 1. The molecule has 0 amide bonds. The first-order chi connectivity index (χ1) is 9.85. The van der Waals surface area contributed by atoms with Gasteiger partial charge in [0.25, 0.3) is 0 Å². The van der Waals surface area contributed by atoms with Crippen LogP contribution in [0, 0.1) is 11.3 Å². The number of nitrogens with zero attached hydrogens (tertiary/aromatic N) is 4. The zero-order chi connectivity index (χ0) is 13.4. The second kappa shape index (κ2) is 4.63. The van der Waals surface area contributed by atoms with Crippen LogP contribution in [-0.4, -0.2) is 39.7 Å². The molecule has 1 saturated heterocycles. The molecule has 1 saturated carbocycles. The summed E-state index contributed by atoms with van der Waals surface area (Å²) in [5.41, 5.74) is 1.87. The van der Waals surface area contributed by atoms with E-state index in [0.29, 0.717) is 17.0 Å². The number of hydrogen-bond donors (Lipinski definition) is 1. The van der Waals surface area contributed by atoms with Crippen molar-refractivity contribution in [3.05, 3.63) is 18.7 Å². The smallest absolute Gasteiger partial charge is 0.183 e. The molecule has 1 aliphatic heterocycles. The second-order valence-corrected chi connectivity index (χ2v) is 5.91. The lowest BCUT2D eigenvalue weighted by Gasteiger charge is -2.44. The van der Waals surface area contributed by atoms with Crippen LogP contribution >= 0.6 is 0 Å². The Labute approximate surface area is 117 Å². The normalized spacial score (nSPS) is 28.7. The van der Waals surface area contributed by atoms with Crippen LogP contribution in [0.4, 0.5) is 5.82 Å². The van der Waals surface area contributed by atoms with Crippen LogP contribution in [-0.2, 0) is 4.74 Å². The summed E-state index contributed by atoms with van der Waals surface area (Å²) < 4.78 is 5.51. The second-order valence-electron chi connectivity index (χ2n) is 5.91. The maximum absolute atomic E-state index is 5.51. The fourth-order valence-corrected chi connectivity index (χ4v) is 3.45. The van der Waals surface area contributed by atoms with Crippen molar-refractivity contribution in [1.82, 2.24) is 19.9 Å². The third-order valence-electron chi connectivity index (χ3n) is 4.46. The zero-order valence-corrected chi connectivity index (χ0v) is 11.2. The Balaban J connectivity index is 1.42. The van der Waals surface area contributed by atoms with E-state index in [9.17, 15) is 0 Å². The molecule has 20 heavy (non-hydrogen) atoms. The van der Waals surface area contributed by atoms with Crippen LogP contribution in [0.5, 0.6) is 0 Å². The predicted molar refractivity (Wildman–Crippen MR) is 74.2 cm³/mol. The molecule has 0 unspecified atom stereocenters. The van der Waals surface area contributed by atoms with Gasteiger partial charge in [-0.05, 0) is 30.6 Å². The number of hydrogen-bond acceptors (Lipinski definition) is 6. The van der Waals surface area contributed by atoms with E-state index in [4.69, 9.17) is 4.74 Å². The van der Waals surface area contributed by atoms with Crippen molar-refractivity contribution in [1.29, 1.82) is 0 Å². The molecule has 6 nitrogen and oxygen atoms in total. The van der Waals surface area contributed by atoms with E-state index in [1.165, 1.54) is 25.6 Å². The van der Waals surface area contributed by atoms with Gasteiger partial charge in [0.2, 0.25) is 0 Å². The summed E-state index contributed by atoms with van der Waals surface area (Å²) >= 11 is 0. The standard InChI is InChI=1S/C14H17N5O/c1-4-20-8-14(1)5-10(6-14)7-17-13-11-12(18-9-19-13)16-3-2-15-11/h2-3,9-10H,1,4-8H2,(H,16,17,18,19). The molecule has 6 heteroatoms. The average Bonchev–Trinajstić information content (AvgIpc) is 2.93. The molecular weight excluding hydrogens is 254 g/mol. The van der Waals surface area contributed by atoms with E-state index in [0.717, 1.165) is 31.1 Å². The van der Waals surface area contributed by atoms with Crippen molar-refractivity contribution in [3.63, 3.8) is 0 Å². The highest BCUT2D eigenvalue weighted by atomic mass is 16.5. The zero-order valence-electron chi connectivity index (χ0n) is 11.2. The van der Waals surface area contributed by atoms with Crippen LogP contribution in [0.15, 0.2) is 18.7 Å². The number of ether oxygens (including phenoxy) is 1. The number of aromatic nitrogens is 4. The summed E-state index contributed by atoms with van der Waals surface area (Å²) in [6.07, 6.45) is 8.60. The minimum absolute atomic E-state index is 0.486. The molecule has 2 aromatic heterocycles. The molecule has 4 rings (SSSR count). The number of rotatable bonds is 3. The SMILES string of the molecule is c1cnc2c(NCC3CC4(CCOC4)C3)ncnc2n1. The Morgan fingerprint density at radius 3 is 2.95 bits per heavy atom. The van der Waals surface area contributed by atoms with E-state index in [1.807, 2.05) is 0 Å². The Kier molecular flexibility index (Phi) is 2.77. The van der Waals surface area contributed by atoms with Crippen molar-refractivity contribution in [2.24, 2.45) is 11.3 Å². The van der Waals surface area contributed by atoms with Gasteiger partial charge in [-0.1, -0.05) is 0 Å². The van der Waals surface area contributed by atoms with Crippen LogP contribution < -0.4 is 5.32 Å². The molecule has 2 aromatic rings. The Morgan fingerprint density at radius 2 is 2.10 bits per heavy atom. The highest BCUT2D eigenvalue weighted by Gasteiger charge is 2.46.